The van der Waals surface area contributed by atoms with Gasteiger partial charge in [0.15, 0.2) is 12.1 Å². The van der Waals surface area contributed by atoms with Crippen LogP contribution in [0.2, 0.25) is 0 Å². The van der Waals surface area contributed by atoms with Crippen LogP contribution in [0.25, 0.3) is 11.0 Å². The van der Waals surface area contributed by atoms with Gasteiger partial charge in [0.25, 0.3) is 5.91 Å². The Bertz CT molecular complexity index is 1230. The maximum Gasteiger partial charge on any atom is 0.257 e. The zero-order valence-corrected chi connectivity index (χ0v) is 15.6. The van der Waals surface area contributed by atoms with Crippen LogP contribution in [-0.2, 0) is 18.8 Å². The number of nitrogens with two attached hydrogens (primary N) is 1. The SMILES string of the molecule is NCc1cccc(CN2C(=O)c3ccccc3C2(O)c2ccc3[nH][c]nc3c2)c1. The van der Waals surface area contributed by atoms with Gasteiger partial charge in [-0.1, -0.05) is 48.5 Å². The van der Waals surface area contributed by atoms with Gasteiger partial charge in [-0.25, -0.2) is 4.98 Å². The summed E-state index contributed by atoms with van der Waals surface area (Å²) in [7, 11) is 0. The predicted molar refractivity (Wildman–Crippen MR) is 109 cm³/mol. The van der Waals surface area contributed by atoms with Gasteiger partial charge in [-0.05, 0) is 29.3 Å². The van der Waals surface area contributed by atoms with E-state index in [0.29, 0.717) is 28.8 Å². The lowest BCUT2D eigenvalue weighted by atomic mass is 9.93. The molecular formula is C23H19N4O2. The maximum absolute atomic E-state index is 13.3. The van der Waals surface area contributed by atoms with Crippen molar-refractivity contribution in [3.63, 3.8) is 0 Å². The van der Waals surface area contributed by atoms with Crippen molar-refractivity contribution in [2.24, 2.45) is 5.73 Å². The van der Waals surface area contributed by atoms with Crippen molar-refractivity contribution >= 4 is 16.9 Å². The Balaban J connectivity index is 1.66. The Kier molecular flexibility index (Phi) is 3.97. The number of nitrogens with one attached hydrogen (secondary N) is 1. The summed E-state index contributed by atoms with van der Waals surface area (Å²) in [6.45, 7) is 0.668. The topological polar surface area (TPSA) is 95.2 Å². The number of fused-ring (bicyclic) bond motifs is 2. The minimum atomic E-state index is -1.60. The van der Waals surface area contributed by atoms with Crippen molar-refractivity contribution < 1.29 is 9.90 Å². The number of aliphatic hydroxyl groups is 1. The Labute approximate surface area is 167 Å². The molecule has 4 N–H and O–H groups in total. The normalized spacial score (nSPS) is 18.4. The summed E-state index contributed by atoms with van der Waals surface area (Å²) in [5, 5.41) is 12.0. The van der Waals surface area contributed by atoms with Crippen LogP contribution >= 0.6 is 0 Å². The molecule has 0 saturated carbocycles. The molecule has 4 aromatic rings. The summed E-state index contributed by atoms with van der Waals surface area (Å²) >= 11 is 0. The van der Waals surface area contributed by atoms with E-state index in [2.05, 4.69) is 16.3 Å². The van der Waals surface area contributed by atoms with Crippen LogP contribution in [-0.4, -0.2) is 25.9 Å². The third kappa shape index (κ3) is 2.65. The standard InChI is InChI=1S/C23H19N4O2/c24-12-15-4-3-5-16(10-15)13-27-22(28)18-6-1-2-7-19(18)23(27,29)17-8-9-20-21(11-17)26-14-25-20/h1-11,29H,12-13,24H2,(H,25,26). The molecule has 1 amide bonds. The second kappa shape index (κ2) is 6.55. The van der Waals surface area contributed by atoms with Gasteiger partial charge in [0.05, 0.1) is 11.0 Å². The highest BCUT2D eigenvalue weighted by molar-refractivity contribution is 6.00. The van der Waals surface area contributed by atoms with Gasteiger partial charge in [-0.3, -0.25) is 9.69 Å². The van der Waals surface area contributed by atoms with Gasteiger partial charge in [-0.15, -0.1) is 0 Å². The quantitative estimate of drug-likeness (QED) is 0.505. The molecule has 6 heteroatoms. The first-order chi connectivity index (χ1) is 14.1. The lowest BCUT2D eigenvalue weighted by molar-refractivity contribution is -0.0542. The fourth-order valence-electron chi connectivity index (χ4n) is 4.04. The third-order valence-electron chi connectivity index (χ3n) is 5.50. The number of carbonyl (C=O) groups excluding carboxylic acids is 1. The summed E-state index contributed by atoms with van der Waals surface area (Å²) in [6, 6.07) is 20.4. The molecule has 2 heterocycles. The van der Waals surface area contributed by atoms with Crippen molar-refractivity contribution in [3.05, 3.63) is 101 Å². The summed E-state index contributed by atoms with van der Waals surface area (Å²) < 4.78 is 0. The number of imidazole rings is 1. The molecular weight excluding hydrogens is 364 g/mol. The van der Waals surface area contributed by atoms with Gasteiger partial charge in [0.2, 0.25) is 0 Å². The third-order valence-corrected chi connectivity index (χ3v) is 5.50. The second-order valence-corrected chi connectivity index (χ2v) is 7.21. The number of amides is 1. The van der Waals surface area contributed by atoms with Crippen molar-refractivity contribution in [2.75, 3.05) is 0 Å². The number of nitrogens with zero attached hydrogens (tertiary/aromatic N) is 2. The lowest BCUT2D eigenvalue weighted by Gasteiger charge is -2.35. The van der Waals surface area contributed by atoms with Crippen molar-refractivity contribution in [1.82, 2.24) is 14.9 Å². The molecule has 5 rings (SSSR count). The molecule has 0 bridgehead atoms. The second-order valence-electron chi connectivity index (χ2n) is 7.21. The molecule has 0 aliphatic carbocycles. The number of hydrogen-bond acceptors (Lipinski definition) is 4. The summed E-state index contributed by atoms with van der Waals surface area (Å²) in [6.07, 6.45) is 2.71. The summed E-state index contributed by atoms with van der Waals surface area (Å²) in [4.78, 5) is 21.9. The number of H-pyrrole nitrogens is 1. The minimum absolute atomic E-state index is 0.213. The Morgan fingerprint density at radius 1 is 1.07 bits per heavy atom. The van der Waals surface area contributed by atoms with Crippen LogP contribution < -0.4 is 5.73 Å². The molecule has 0 spiro atoms. The van der Waals surface area contributed by atoms with E-state index in [0.717, 1.165) is 16.6 Å². The molecule has 1 aliphatic rings. The van der Waals surface area contributed by atoms with Crippen molar-refractivity contribution in [1.29, 1.82) is 0 Å². The van der Waals surface area contributed by atoms with Crippen LogP contribution in [0.4, 0.5) is 0 Å². The van der Waals surface area contributed by atoms with E-state index in [1.165, 1.54) is 4.90 Å². The van der Waals surface area contributed by atoms with Gasteiger partial charge < -0.3 is 15.8 Å². The molecule has 29 heavy (non-hydrogen) atoms. The van der Waals surface area contributed by atoms with Crippen LogP contribution in [0.15, 0.2) is 66.7 Å². The molecule has 6 nitrogen and oxygen atoms in total. The number of rotatable bonds is 4. The number of aromatic amines is 1. The lowest BCUT2D eigenvalue weighted by Crippen LogP contribution is -2.44. The Morgan fingerprint density at radius 2 is 1.90 bits per heavy atom. The van der Waals surface area contributed by atoms with Gasteiger partial charge in [-0.2, -0.15) is 0 Å². The molecule has 1 atom stereocenters. The monoisotopic (exact) mass is 383 g/mol. The highest BCUT2D eigenvalue weighted by Crippen LogP contribution is 2.43. The fraction of sp³-hybridized carbons (Fsp3) is 0.130. The fourth-order valence-corrected chi connectivity index (χ4v) is 4.04. The summed E-state index contributed by atoms with van der Waals surface area (Å²) in [5.41, 5.74) is 9.19. The Morgan fingerprint density at radius 3 is 2.76 bits per heavy atom. The molecule has 1 radical (unpaired) electrons. The van der Waals surface area contributed by atoms with E-state index >= 15 is 0 Å². The first-order valence-electron chi connectivity index (χ1n) is 9.39. The zero-order valence-electron chi connectivity index (χ0n) is 15.6. The molecule has 0 saturated heterocycles. The number of aromatic nitrogens is 2. The van der Waals surface area contributed by atoms with E-state index < -0.39 is 5.72 Å². The highest BCUT2D eigenvalue weighted by Gasteiger charge is 2.49. The molecule has 1 aromatic heterocycles. The number of benzene rings is 3. The molecule has 1 aliphatic heterocycles. The highest BCUT2D eigenvalue weighted by atomic mass is 16.3. The zero-order chi connectivity index (χ0) is 20.0. The van der Waals surface area contributed by atoms with E-state index in [1.54, 1.807) is 18.2 Å². The summed E-state index contributed by atoms with van der Waals surface area (Å²) in [5.74, 6) is -0.213. The molecule has 0 fully saturated rings. The van der Waals surface area contributed by atoms with Crippen LogP contribution in [0.1, 0.15) is 32.6 Å². The first-order valence-corrected chi connectivity index (χ1v) is 9.39. The van der Waals surface area contributed by atoms with Crippen molar-refractivity contribution in [3.8, 4) is 0 Å². The molecule has 3 aromatic carbocycles. The van der Waals surface area contributed by atoms with Gasteiger partial charge >= 0.3 is 0 Å². The molecule has 143 valence electrons. The number of carbonyl (C=O) groups is 1. The van der Waals surface area contributed by atoms with Crippen molar-refractivity contribution in [2.45, 2.75) is 18.8 Å². The van der Waals surface area contributed by atoms with Crippen LogP contribution in [0.5, 0.6) is 0 Å². The molecule has 1 unspecified atom stereocenters. The predicted octanol–water partition coefficient (Wildman–Crippen LogP) is 2.67. The number of hydrogen-bond donors (Lipinski definition) is 3. The van der Waals surface area contributed by atoms with Gasteiger partial charge in [0.1, 0.15) is 0 Å². The Hall–Kier alpha value is -3.48. The first kappa shape index (κ1) is 17.6. The van der Waals surface area contributed by atoms with E-state index in [-0.39, 0.29) is 12.5 Å². The average Bonchev–Trinajstić information content (AvgIpc) is 3.31. The largest absolute Gasteiger partial charge is 0.363 e. The van der Waals surface area contributed by atoms with E-state index in [4.69, 9.17) is 5.73 Å². The smallest absolute Gasteiger partial charge is 0.257 e. The van der Waals surface area contributed by atoms with Crippen LogP contribution in [0.3, 0.4) is 0 Å². The maximum atomic E-state index is 13.3. The average molecular weight is 383 g/mol. The van der Waals surface area contributed by atoms with E-state index in [9.17, 15) is 9.90 Å². The van der Waals surface area contributed by atoms with E-state index in [1.807, 2.05) is 48.5 Å². The minimum Gasteiger partial charge on any atom is -0.363 e. The van der Waals surface area contributed by atoms with Gasteiger partial charge in [0, 0.05) is 29.8 Å². The van der Waals surface area contributed by atoms with Crippen LogP contribution in [0, 0.1) is 6.33 Å².